The molecule has 0 unspecified atom stereocenters. The van der Waals surface area contributed by atoms with Gasteiger partial charge < -0.3 is 0 Å². The van der Waals surface area contributed by atoms with Crippen LogP contribution in [0, 0.1) is 28.6 Å². The number of rotatable bonds is 0. The minimum Gasteiger partial charge on any atom is -0.198 e. The van der Waals surface area contributed by atoms with Crippen LogP contribution in [0.5, 0.6) is 0 Å². The van der Waals surface area contributed by atoms with Crippen LogP contribution in [0.25, 0.3) is 0 Å². The van der Waals surface area contributed by atoms with Gasteiger partial charge >= 0.3 is 0 Å². The van der Waals surface area contributed by atoms with Gasteiger partial charge in [-0.15, -0.1) is 0 Å². The lowest BCUT2D eigenvalue weighted by Gasteiger charge is -1.75. The molecule has 0 amide bonds. The average Bonchev–Trinajstić information content (AvgIpc) is 1.89. The zero-order chi connectivity index (χ0) is 7.70. The molecule has 0 aromatic heterocycles. The molecule has 48 valence electrons. The fourth-order valence-corrected chi connectivity index (χ4v) is 0. The Morgan fingerprint density at radius 1 is 1.44 bits per heavy atom. The third kappa shape index (κ3) is 50.6. The first-order valence-electron chi connectivity index (χ1n) is 2.59. The van der Waals surface area contributed by atoms with Crippen molar-refractivity contribution in [2.75, 3.05) is 0 Å². The molecule has 0 bridgehead atoms. The lowest BCUT2D eigenvalue weighted by Crippen LogP contribution is -1.72. The van der Waals surface area contributed by atoms with Gasteiger partial charge in [0.05, 0.1) is 12.1 Å². The van der Waals surface area contributed by atoms with E-state index in [1.54, 1.807) is 6.07 Å². The van der Waals surface area contributed by atoms with E-state index in [9.17, 15) is 0 Å². The Kier molecular flexibility index (Phi) is 11.7. The molecule has 0 aliphatic rings. The molecule has 0 aliphatic carbocycles. The van der Waals surface area contributed by atoms with E-state index < -0.39 is 0 Å². The molecule has 0 aliphatic heterocycles. The van der Waals surface area contributed by atoms with Crippen LogP contribution in [0.4, 0.5) is 0 Å². The predicted molar refractivity (Wildman–Crippen MR) is 36.3 cm³/mol. The molecular weight excluding hydrogens is 112 g/mol. The Morgan fingerprint density at radius 3 is 1.67 bits per heavy atom. The monoisotopic (exact) mass is 122 g/mol. The van der Waals surface area contributed by atoms with Crippen molar-refractivity contribution < 1.29 is 0 Å². The molecule has 2 heteroatoms. The Balaban J connectivity index is 0. The van der Waals surface area contributed by atoms with Crippen molar-refractivity contribution >= 4 is 0 Å². The molecule has 0 aromatic rings. The fraction of sp³-hybridized carbons (Fsp3) is 0.429. The Morgan fingerprint density at radius 2 is 1.67 bits per heavy atom. The maximum absolute atomic E-state index is 7.89. The van der Waals surface area contributed by atoms with Crippen molar-refractivity contribution in [3.63, 3.8) is 0 Å². The molecule has 0 heterocycles. The summed E-state index contributed by atoms with van der Waals surface area (Å²) in [5, 5.41) is 15.4. The zero-order valence-corrected chi connectivity index (χ0v) is 5.76. The van der Waals surface area contributed by atoms with Crippen molar-refractivity contribution in [2.45, 2.75) is 13.8 Å². The summed E-state index contributed by atoms with van der Waals surface area (Å²) >= 11 is 0. The second kappa shape index (κ2) is 9.87. The van der Waals surface area contributed by atoms with Crippen LogP contribution in [-0.2, 0) is 0 Å². The van der Waals surface area contributed by atoms with Crippen LogP contribution >= 0.6 is 0 Å². The van der Waals surface area contributed by atoms with Gasteiger partial charge in [-0.25, -0.2) is 0 Å². The third-order valence-corrected chi connectivity index (χ3v) is 0.349. The third-order valence-electron chi connectivity index (χ3n) is 0.349. The lowest BCUT2D eigenvalue weighted by molar-refractivity contribution is 0.849. The van der Waals surface area contributed by atoms with Gasteiger partial charge in [0.2, 0.25) is 0 Å². The largest absolute Gasteiger partial charge is 0.198 e. The minimum atomic E-state index is 0.190. The normalized spacial score (nSPS) is 5.89. The number of hydrogen-bond acceptors (Lipinski definition) is 2. The lowest BCUT2D eigenvalue weighted by atomic mass is 10.3. The summed E-state index contributed by atoms with van der Waals surface area (Å²) in [4.78, 5) is 0. The summed E-state index contributed by atoms with van der Waals surface area (Å²) in [6.07, 6.45) is 1.18. The summed E-state index contributed by atoms with van der Waals surface area (Å²) in [6.45, 7) is 6.84. The quantitative estimate of drug-likeness (QED) is 0.460. The molecule has 0 saturated carbocycles. The molecule has 0 radical (unpaired) electrons. The molecule has 0 spiro atoms. The van der Waals surface area contributed by atoms with Gasteiger partial charge in [0, 0.05) is 12.0 Å². The van der Waals surface area contributed by atoms with Gasteiger partial charge in [-0.05, 0) is 13.8 Å². The van der Waals surface area contributed by atoms with Gasteiger partial charge in [-0.2, -0.15) is 10.5 Å². The van der Waals surface area contributed by atoms with Crippen LogP contribution < -0.4 is 0 Å². The first kappa shape index (κ1) is 10.7. The SMILES string of the molecule is C=CC#N.CC(C)C#N. The number of hydrogen-bond donors (Lipinski definition) is 0. The van der Waals surface area contributed by atoms with Gasteiger partial charge in [-0.3, -0.25) is 0 Å². The van der Waals surface area contributed by atoms with E-state index in [1.165, 1.54) is 6.08 Å². The van der Waals surface area contributed by atoms with E-state index in [-0.39, 0.29) is 5.92 Å². The maximum Gasteiger partial charge on any atom is 0.0905 e. The first-order chi connectivity index (χ1) is 4.18. The van der Waals surface area contributed by atoms with Gasteiger partial charge in [0.15, 0.2) is 0 Å². The van der Waals surface area contributed by atoms with E-state index in [0.717, 1.165) is 0 Å². The van der Waals surface area contributed by atoms with Crippen LogP contribution in [0.2, 0.25) is 0 Å². The van der Waals surface area contributed by atoms with Crippen LogP contribution in [0.1, 0.15) is 13.8 Å². The topological polar surface area (TPSA) is 47.6 Å². The standard InChI is InChI=1S/C4H7N.C3H3N/c1-4(2)3-5;1-2-3-4/h4H,1-2H3;2H,1H2. The second-order valence-corrected chi connectivity index (χ2v) is 1.62. The van der Waals surface area contributed by atoms with Crippen molar-refractivity contribution in [1.29, 1.82) is 10.5 Å². The Bertz CT molecular complexity index is 134. The summed E-state index contributed by atoms with van der Waals surface area (Å²) < 4.78 is 0. The molecule has 2 nitrogen and oxygen atoms in total. The van der Waals surface area contributed by atoms with E-state index in [4.69, 9.17) is 10.5 Å². The highest BCUT2D eigenvalue weighted by molar-refractivity contribution is 4.93. The van der Waals surface area contributed by atoms with E-state index in [2.05, 4.69) is 6.58 Å². The minimum absolute atomic E-state index is 0.190. The molecule has 9 heavy (non-hydrogen) atoms. The molecule has 0 saturated heterocycles. The number of allylic oxidation sites excluding steroid dienone is 1. The molecule has 0 rings (SSSR count). The van der Waals surface area contributed by atoms with Crippen LogP contribution in [-0.4, -0.2) is 0 Å². The highest BCUT2D eigenvalue weighted by atomic mass is 14.2. The fourth-order valence-electron chi connectivity index (χ4n) is 0. The van der Waals surface area contributed by atoms with Gasteiger partial charge in [-0.1, -0.05) is 6.58 Å². The summed E-state index contributed by atoms with van der Waals surface area (Å²) in [5.41, 5.74) is 0. The molecule has 0 aromatic carbocycles. The van der Waals surface area contributed by atoms with Crippen LogP contribution in [0.3, 0.4) is 0 Å². The molecule has 0 N–H and O–H groups in total. The highest BCUT2D eigenvalue weighted by Gasteiger charge is 1.78. The van der Waals surface area contributed by atoms with E-state index in [1.807, 2.05) is 19.9 Å². The average molecular weight is 122 g/mol. The zero-order valence-electron chi connectivity index (χ0n) is 5.76. The van der Waals surface area contributed by atoms with Gasteiger partial charge in [0.25, 0.3) is 0 Å². The smallest absolute Gasteiger partial charge is 0.0905 e. The molecular formula is C7H10N2. The van der Waals surface area contributed by atoms with Gasteiger partial charge in [0.1, 0.15) is 0 Å². The van der Waals surface area contributed by atoms with E-state index in [0.29, 0.717) is 0 Å². The van der Waals surface area contributed by atoms with Crippen LogP contribution in [0.15, 0.2) is 12.7 Å². The number of nitriles is 2. The predicted octanol–water partition coefficient (Wildman–Crippen LogP) is 1.86. The highest BCUT2D eigenvalue weighted by Crippen LogP contribution is 1.81. The second-order valence-electron chi connectivity index (χ2n) is 1.62. The summed E-state index contributed by atoms with van der Waals surface area (Å²) in [7, 11) is 0. The van der Waals surface area contributed by atoms with Crippen molar-refractivity contribution in [1.82, 2.24) is 0 Å². The molecule has 0 atom stereocenters. The van der Waals surface area contributed by atoms with Crippen molar-refractivity contribution in [3.05, 3.63) is 12.7 Å². The molecule has 0 fully saturated rings. The Hall–Kier alpha value is -1.28. The summed E-state index contributed by atoms with van der Waals surface area (Å²) in [5.74, 6) is 0.190. The first-order valence-corrected chi connectivity index (χ1v) is 2.59. The van der Waals surface area contributed by atoms with Crippen molar-refractivity contribution in [2.24, 2.45) is 5.92 Å². The summed E-state index contributed by atoms with van der Waals surface area (Å²) in [6, 6.07) is 3.72. The van der Waals surface area contributed by atoms with Crippen molar-refractivity contribution in [3.8, 4) is 12.1 Å². The maximum atomic E-state index is 7.89. The number of nitrogens with zero attached hydrogens (tertiary/aromatic N) is 2. The van der Waals surface area contributed by atoms with E-state index >= 15 is 0 Å². The Labute approximate surface area is 56.0 Å².